The summed E-state index contributed by atoms with van der Waals surface area (Å²) in [7, 11) is 0. The first-order valence-electron chi connectivity index (χ1n) is 7.53. The molecule has 0 saturated carbocycles. The Morgan fingerprint density at radius 2 is 2.00 bits per heavy atom. The molecule has 2 aromatic rings. The topological polar surface area (TPSA) is 12.0 Å². The van der Waals surface area contributed by atoms with Gasteiger partial charge in [-0.3, -0.25) is 0 Å². The summed E-state index contributed by atoms with van der Waals surface area (Å²) in [6, 6.07) is 15.7. The first-order valence-corrected chi connectivity index (χ1v) is 8.52. The summed E-state index contributed by atoms with van der Waals surface area (Å²) in [6.45, 7) is 5.78. The van der Waals surface area contributed by atoms with E-state index in [1.165, 1.54) is 34.9 Å². The number of hydrogen-bond donors (Lipinski definition) is 1. The van der Waals surface area contributed by atoms with Crippen LogP contribution in [0.4, 0.5) is 0 Å². The van der Waals surface area contributed by atoms with Gasteiger partial charge in [0, 0.05) is 17.3 Å². The molecular weight excluding hydrogens is 262 g/mol. The molecule has 1 N–H and O–H groups in total. The molecule has 0 amide bonds. The van der Waals surface area contributed by atoms with E-state index in [-0.39, 0.29) is 0 Å². The molecule has 1 nitrogen and oxygen atoms in total. The second-order valence-corrected chi connectivity index (χ2v) is 7.76. The molecule has 0 bridgehead atoms. The van der Waals surface area contributed by atoms with E-state index in [1.807, 2.05) is 0 Å². The zero-order chi connectivity index (χ0) is 14.0. The number of nitrogens with one attached hydrogen (secondary N) is 1. The Balaban J connectivity index is 1.77. The molecule has 1 heterocycles. The van der Waals surface area contributed by atoms with Crippen molar-refractivity contribution in [3.63, 3.8) is 0 Å². The molecular formula is C18H23NS. The van der Waals surface area contributed by atoms with Gasteiger partial charge in [-0.1, -0.05) is 42.5 Å². The zero-order valence-corrected chi connectivity index (χ0v) is 13.2. The minimum atomic E-state index is 0.402. The summed E-state index contributed by atoms with van der Waals surface area (Å²) >= 11 is 2.12. The third-order valence-electron chi connectivity index (χ3n) is 4.37. The summed E-state index contributed by atoms with van der Waals surface area (Å²) in [6.07, 6.45) is 2.71. The number of fused-ring (bicyclic) bond motifs is 1. The van der Waals surface area contributed by atoms with Crippen molar-refractivity contribution in [1.82, 2.24) is 5.32 Å². The molecule has 3 rings (SSSR count). The van der Waals surface area contributed by atoms with Gasteiger partial charge in [-0.25, -0.2) is 0 Å². The quantitative estimate of drug-likeness (QED) is 0.868. The molecule has 0 spiro atoms. The average Bonchev–Trinajstić information content (AvgIpc) is 2.91. The lowest BCUT2D eigenvalue weighted by Crippen LogP contribution is -2.34. The van der Waals surface area contributed by atoms with Crippen LogP contribution in [-0.4, -0.2) is 17.0 Å². The van der Waals surface area contributed by atoms with E-state index in [4.69, 9.17) is 0 Å². The second kappa shape index (κ2) is 5.79. The van der Waals surface area contributed by atoms with Gasteiger partial charge < -0.3 is 5.32 Å². The van der Waals surface area contributed by atoms with Crippen LogP contribution in [0.2, 0.25) is 0 Å². The van der Waals surface area contributed by atoms with Gasteiger partial charge in [0.05, 0.1) is 0 Å². The average molecular weight is 285 g/mol. The van der Waals surface area contributed by atoms with E-state index in [1.54, 1.807) is 0 Å². The third-order valence-corrected chi connectivity index (χ3v) is 5.91. The Kier molecular flexibility index (Phi) is 4.04. The predicted octanol–water partition coefficient (Wildman–Crippen LogP) is 4.78. The minimum Gasteiger partial charge on any atom is -0.309 e. The molecule has 0 aliphatic carbocycles. The Hall–Kier alpha value is -0.990. The molecule has 2 heteroatoms. The molecule has 1 aliphatic heterocycles. The molecule has 1 saturated heterocycles. The Labute approximate surface area is 126 Å². The highest BCUT2D eigenvalue weighted by Crippen LogP contribution is 2.37. The fraction of sp³-hybridized carbons (Fsp3) is 0.444. The first kappa shape index (κ1) is 14.0. The normalized spacial score (nSPS) is 24.1. The van der Waals surface area contributed by atoms with Gasteiger partial charge in [0.25, 0.3) is 0 Å². The lowest BCUT2D eigenvalue weighted by atomic mass is 9.98. The highest BCUT2D eigenvalue weighted by Gasteiger charge is 2.29. The van der Waals surface area contributed by atoms with Crippen molar-refractivity contribution in [3.8, 4) is 0 Å². The fourth-order valence-electron chi connectivity index (χ4n) is 3.08. The van der Waals surface area contributed by atoms with E-state index in [0.717, 1.165) is 6.54 Å². The van der Waals surface area contributed by atoms with Crippen LogP contribution in [0.3, 0.4) is 0 Å². The summed E-state index contributed by atoms with van der Waals surface area (Å²) in [5.74, 6) is 1.32. The Morgan fingerprint density at radius 1 is 1.20 bits per heavy atom. The van der Waals surface area contributed by atoms with Crippen LogP contribution in [0.1, 0.15) is 38.3 Å². The van der Waals surface area contributed by atoms with Crippen molar-refractivity contribution < 1.29 is 0 Å². The molecule has 106 valence electrons. The van der Waals surface area contributed by atoms with Crippen molar-refractivity contribution >= 4 is 22.5 Å². The van der Waals surface area contributed by atoms with Gasteiger partial charge in [-0.15, -0.1) is 0 Å². The van der Waals surface area contributed by atoms with Gasteiger partial charge in [0.15, 0.2) is 0 Å². The maximum absolute atomic E-state index is 3.75. The lowest BCUT2D eigenvalue weighted by molar-refractivity contribution is 0.492. The van der Waals surface area contributed by atoms with E-state index in [9.17, 15) is 0 Å². The Morgan fingerprint density at radius 3 is 2.80 bits per heavy atom. The highest BCUT2D eigenvalue weighted by atomic mass is 32.2. The van der Waals surface area contributed by atoms with E-state index in [2.05, 4.69) is 73.4 Å². The molecule has 1 fully saturated rings. The maximum Gasteiger partial charge on any atom is 0.0298 e. The first-order chi connectivity index (χ1) is 9.68. The van der Waals surface area contributed by atoms with Crippen LogP contribution < -0.4 is 5.32 Å². The lowest BCUT2D eigenvalue weighted by Gasteiger charge is -2.26. The summed E-state index contributed by atoms with van der Waals surface area (Å²) in [5, 5.41) is 6.46. The van der Waals surface area contributed by atoms with Crippen molar-refractivity contribution in [2.24, 2.45) is 0 Å². The summed E-state index contributed by atoms with van der Waals surface area (Å²) in [4.78, 5) is 0. The van der Waals surface area contributed by atoms with E-state index in [0.29, 0.717) is 10.8 Å². The SMILES string of the molecule is CC(NCC1(C)CCCS1)c1cccc2ccccc12. The number of rotatable bonds is 4. The van der Waals surface area contributed by atoms with E-state index >= 15 is 0 Å². The summed E-state index contributed by atoms with van der Waals surface area (Å²) in [5.41, 5.74) is 1.41. The number of benzene rings is 2. The fourth-order valence-corrected chi connectivity index (χ4v) is 4.34. The standard InChI is InChI=1S/C18H23NS/c1-14(19-13-18(2)11-6-12-20-18)16-10-5-8-15-7-3-4-9-17(15)16/h3-5,7-10,14,19H,6,11-13H2,1-2H3. The predicted molar refractivity (Wildman–Crippen MR) is 90.5 cm³/mol. The van der Waals surface area contributed by atoms with Crippen molar-refractivity contribution in [3.05, 3.63) is 48.0 Å². The van der Waals surface area contributed by atoms with Crippen LogP contribution in [0, 0.1) is 0 Å². The van der Waals surface area contributed by atoms with Gasteiger partial charge in [0.1, 0.15) is 0 Å². The second-order valence-electron chi connectivity index (χ2n) is 6.07. The zero-order valence-electron chi connectivity index (χ0n) is 12.4. The Bertz CT molecular complexity index is 581. The van der Waals surface area contributed by atoms with Gasteiger partial charge >= 0.3 is 0 Å². The maximum atomic E-state index is 3.75. The van der Waals surface area contributed by atoms with Crippen molar-refractivity contribution in [2.45, 2.75) is 37.5 Å². The van der Waals surface area contributed by atoms with E-state index < -0.39 is 0 Å². The number of hydrogen-bond acceptors (Lipinski definition) is 2. The molecule has 20 heavy (non-hydrogen) atoms. The van der Waals surface area contributed by atoms with Crippen molar-refractivity contribution in [2.75, 3.05) is 12.3 Å². The molecule has 1 aliphatic rings. The van der Waals surface area contributed by atoms with Crippen LogP contribution in [0.25, 0.3) is 10.8 Å². The van der Waals surface area contributed by atoms with Gasteiger partial charge in [-0.05, 0) is 48.8 Å². The van der Waals surface area contributed by atoms with Crippen LogP contribution in [0.15, 0.2) is 42.5 Å². The monoisotopic (exact) mass is 285 g/mol. The smallest absolute Gasteiger partial charge is 0.0298 e. The number of thioether (sulfide) groups is 1. The molecule has 2 atom stereocenters. The largest absolute Gasteiger partial charge is 0.309 e. The molecule has 0 radical (unpaired) electrons. The molecule has 0 aromatic heterocycles. The van der Waals surface area contributed by atoms with Gasteiger partial charge in [0.2, 0.25) is 0 Å². The van der Waals surface area contributed by atoms with Gasteiger partial charge in [-0.2, -0.15) is 11.8 Å². The minimum absolute atomic E-state index is 0.402. The molecule has 2 unspecified atom stereocenters. The van der Waals surface area contributed by atoms with Crippen LogP contribution in [0.5, 0.6) is 0 Å². The van der Waals surface area contributed by atoms with Crippen molar-refractivity contribution in [1.29, 1.82) is 0 Å². The summed E-state index contributed by atoms with van der Waals surface area (Å²) < 4.78 is 0.429. The molecule has 2 aromatic carbocycles. The third kappa shape index (κ3) is 2.87. The highest BCUT2D eigenvalue weighted by molar-refractivity contribution is 8.00. The van der Waals surface area contributed by atoms with Crippen LogP contribution in [-0.2, 0) is 0 Å². The van der Waals surface area contributed by atoms with Crippen LogP contribution >= 0.6 is 11.8 Å².